The molecule has 25 heteroatoms. The van der Waals surface area contributed by atoms with E-state index in [1.165, 1.54) is 37.0 Å². The summed E-state index contributed by atoms with van der Waals surface area (Å²) in [6, 6.07) is 14.0. The molecule has 2 aromatic heterocycles. The van der Waals surface area contributed by atoms with Gasteiger partial charge < -0.3 is 50.7 Å². The van der Waals surface area contributed by atoms with Crippen molar-refractivity contribution in [1.82, 2.24) is 55.6 Å². The molecule has 4 heterocycles. The highest BCUT2D eigenvalue weighted by Gasteiger charge is 2.42. The predicted molar refractivity (Wildman–Crippen MR) is 260 cm³/mol. The number of hydrogen-bond donors (Lipinski definition) is 5. The van der Waals surface area contributed by atoms with Crippen molar-refractivity contribution in [2.75, 3.05) is 85.8 Å². The maximum atomic E-state index is 14.2. The van der Waals surface area contributed by atoms with E-state index in [-0.39, 0.29) is 74.1 Å². The number of thioether (sulfide) groups is 1. The number of fused-ring (bicyclic) bond motifs is 1. The van der Waals surface area contributed by atoms with Crippen LogP contribution in [0.2, 0.25) is 0 Å². The molecular formula is C46H65FN12O10S2. The van der Waals surface area contributed by atoms with Gasteiger partial charge in [-0.15, -0.1) is 10.2 Å². The van der Waals surface area contributed by atoms with Crippen molar-refractivity contribution in [3.63, 3.8) is 0 Å². The van der Waals surface area contributed by atoms with E-state index in [9.17, 15) is 27.2 Å². The Morgan fingerprint density at radius 1 is 0.887 bits per heavy atom. The number of sulfonamides is 1. The van der Waals surface area contributed by atoms with E-state index < -0.39 is 22.0 Å². The number of carbonyl (C=O) groups excluding carboxylic acids is 3. The third kappa shape index (κ3) is 17.7. The smallest absolute Gasteiger partial charge is 0.315 e. The number of hydrogen-bond acceptors (Lipinski definition) is 16. The molecule has 2 aliphatic rings. The zero-order valence-electron chi connectivity index (χ0n) is 40.1. The highest BCUT2D eigenvalue weighted by molar-refractivity contribution is 8.00. The number of unbranched alkanes of at least 4 members (excludes halogenated alkanes) is 1. The van der Waals surface area contributed by atoms with Crippen LogP contribution in [0.4, 0.5) is 9.18 Å². The molecule has 0 saturated carbocycles. The van der Waals surface area contributed by atoms with Gasteiger partial charge in [0, 0.05) is 51.0 Å². The number of benzene rings is 2. The van der Waals surface area contributed by atoms with Gasteiger partial charge in [0.2, 0.25) is 21.8 Å². The number of allylic oxidation sites excluding steroid dienone is 1. The third-order valence-corrected chi connectivity index (χ3v) is 14.6. The van der Waals surface area contributed by atoms with Crippen molar-refractivity contribution in [3.8, 4) is 5.69 Å². The predicted octanol–water partition coefficient (Wildman–Crippen LogP) is 2.14. The van der Waals surface area contributed by atoms with Crippen molar-refractivity contribution in [1.29, 1.82) is 0 Å². The highest BCUT2D eigenvalue weighted by atomic mass is 32.2. The van der Waals surface area contributed by atoms with Crippen LogP contribution < -0.4 is 27.0 Å². The fourth-order valence-electron chi connectivity index (χ4n) is 7.50. The Morgan fingerprint density at radius 2 is 1.58 bits per heavy atom. The van der Waals surface area contributed by atoms with E-state index in [4.69, 9.17) is 29.4 Å². The molecule has 2 saturated heterocycles. The standard InChI is InChI=1S/C46H65FN12O10S2/c1-57(2)71(63,64)38-13-9-34(10-14-38)45(39-30-58(55-54-39)28-35(47)15-17-48)69-31-33-7-11-37(12-8-33)59-29-36(53-56-59)27-50-43(61)16-19-65-21-23-67-25-26-68-24-22-66-20-18-49-42(60)6-4-3-5-41-44-40(32-70-41)51-46(62)52-44/h7-15,29-30,40-41,44-45H,3-6,16-28,31-32,48H2,1-2H3,(H,49,60)(H,50,61)(H2,51,52,62)/b35-15-/t40-,41-,44-,45?/m0/s1. The molecule has 0 radical (unpaired) electrons. The molecule has 0 aliphatic carbocycles. The quantitative estimate of drug-likeness (QED) is 0.0338. The molecule has 2 fully saturated rings. The van der Waals surface area contributed by atoms with Crippen LogP contribution in [0.1, 0.15) is 60.7 Å². The second-order valence-electron chi connectivity index (χ2n) is 16.8. The number of amides is 4. The number of nitrogens with zero attached hydrogens (tertiary/aromatic N) is 7. The third-order valence-electron chi connectivity index (χ3n) is 11.3. The summed E-state index contributed by atoms with van der Waals surface area (Å²) in [5, 5.41) is 28.7. The zero-order chi connectivity index (χ0) is 50.4. The number of carbonyl (C=O) groups is 3. The number of halogens is 1. The lowest BCUT2D eigenvalue weighted by molar-refractivity contribution is -0.122. The average molecular weight is 1030 g/mol. The minimum atomic E-state index is -3.65. The first-order valence-corrected chi connectivity index (χ1v) is 26.0. The second kappa shape index (κ2) is 28.6. The Balaban J connectivity index is 0.784. The van der Waals surface area contributed by atoms with Crippen molar-refractivity contribution in [3.05, 3.63) is 95.3 Å². The van der Waals surface area contributed by atoms with Gasteiger partial charge in [-0.3, -0.25) is 9.59 Å². The van der Waals surface area contributed by atoms with Crippen LogP contribution >= 0.6 is 11.8 Å². The highest BCUT2D eigenvalue weighted by Crippen LogP contribution is 2.33. The maximum absolute atomic E-state index is 14.2. The summed E-state index contributed by atoms with van der Waals surface area (Å²) in [4.78, 5) is 36.2. The molecular weight excluding hydrogens is 964 g/mol. The summed E-state index contributed by atoms with van der Waals surface area (Å²) in [5.41, 5.74) is 8.56. The summed E-state index contributed by atoms with van der Waals surface area (Å²) in [5.74, 6) is 0.294. The molecule has 2 aliphatic heterocycles. The fraction of sp³-hybridized carbons (Fsp3) is 0.543. The van der Waals surface area contributed by atoms with Gasteiger partial charge in [-0.05, 0) is 54.3 Å². The van der Waals surface area contributed by atoms with Crippen LogP contribution in [0, 0.1) is 0 Å². The molecule has 6 rings (SSSR count). The van der Waals surface area contributed by atoms with Crippen molar-refractivity contribution >= 4 is 39.6 Å². The average Bonchev–Trinajstić information content (AvgIpc) is 4.18. The van der Waals surface area contributed by atoms with E-state index in [1.54, 1.807) is 29.2 Å². The Hall–Kier alpha value is -5.38. The number of nitrogens with one attached hydrogen (secondary N) is 4. The molecule has 4 amide bonds. The topological polar surface area (TPSA) is 270 Å². The van der Waals surface area contributed by atoms with Gasteiger partial charge in [-0.1, -0.05) is 41.1 Å². The number of nitrogens with two attached hydrogens (primary N) is 1. The van der Waals surface area contributed by atoms with Gasteiger partial charge in [0.15, 0.2) is 0 Å². The van der Waals surface area contributed by atoms with E-state index in [2.05, 4.69) is 41.9 Å². The lowest BCUT2D eigenvalue weighted by Crippen LogP contribution is -2.36. The van der Waals surface area contributed by atoms with Gasteiger partial charge in [0.25, 0.3) is 0 Å². The van der Waals surface area contributed by atoms with Crippen LogP contribution in [-0.4, -0.2) is 164 Å². The Kier molecular flexibility index (Phi) is 22.1. The summed E-state index contributed by atoms with van der Waals surface area (Å²) >= 11 is 1.89. The molecule has 22 nitrogen and oxygen atoms in total. The van der Waals surface area contributed by atoms with E-state index in [1.807, 2.05) is 36.0 Å². The van der Waals surface area contributed by atoms with Gasteiger partial charge in [0.05, 0.1) is 108 Å². The monoisotopic (exact) mass is 1030 g/mol. The van der Waals surface area contributed by atoms with Crippen LogP contribution in [0.15, 0.2) is 77.7 Å². The minimum Gasteiger partial charge on any atom is -0.379 e. The van der Waals surface area contributed by atoms with Crippen molar-refractivity contribution in [2.24, 2.45) is 5.73 Å². The first-order chi connectivity index (χ1) is 34.4. The summed E-state index contributed by atoms with van der Waals surface area (Å²) < 4.78 is 72.0. The minimum absolute atomic E-state index is 0.0137. The van der Waals surface area contributed by atoms with Crippen LogP contribution in [0.5, 0.6) is 0 Å². The number of urea groups is 1. The van der Waals surface area contributed by atoms with Crippen LogP contribution in [0.3, 0.4) is 0 Å². The first kappa shape index (κ1) is 54.9. The number of rotatable bonds is 33. The van der Waals surface area contributed by atoms with E-state index in [0.717, 1.165) is 40.6 Å². The first-order valence-electron chi connectivity index (χ1n) is 23.5. The lowest BCUT2D eigenvalue weighted by Gasteiger charge is -2.18. The molecule has 71 heavy (non-hydrogen) atoms. The normalized spacial score (nSPS) is 17.3. The molecule has 1 unspecified atom stereocenters. The number of ether oxygens (including phenoxy) is 5. The Bertz CT molecular complexity index is 2430. The molecule has 388 valence electrons. The fourth-order valence-corrected chi connectivity index (χ4v) is 9.94. The Morgan fingerprint density at radius 3 is 2.28 bits per heavy atom. The lowest BCUT2D eigenvalue weighted by atomic mass is 10.0. The van der Waals surface area contributed by atoms with Gasteiger partial charge >= 0.3 is 6.03 Å². The molecule has 2 aromatic carbocycles. The van der Waals surface area contributed by atoms with Crippen LogP contribution in [0.25, 0.3) is 5.69 Å². The SMILES string of the molecule is CN(C)S(=O)(=O)c1ccc(C(OCc2ccc(-n3cc(CNC(=O)CCOCCOCCOCCOCCNC(=O)CCCC[C@@H]4SC[C@@H]5NC(=O)N[C@@H]54)nn3)cc2)c2cn(C/C(F)=C/CN)nn2)cc1. The van der Waals surface area contributed by atoms with Crippen molar-refractivity contribution < 1.29 is 50.9 Å². The van der Waals surface area contributed by atoms with Gasteiger partial charge in [-0.25, -0.2) is 31.3 Å². The summed E-state index contributed by atoms with van der Waals surface area (Å²) in [7, 11) is -0.738. The van der Waals surface area contributed by atoms with E-state index >= 15 is 0 Å². The molecule has 4 atom stereocenters. The zero-order valence-corrected chi connectivity index (χ0v) is 41.7. The van der Waals surface area contributed by atoms with E-state index in [0.29, 0.717) is 81.4 Å². The largest absolute Gasteiger partial charge is 0.379 e. The molecule has 0 bridgehead atoms. The molecule has 4 aromatic rings. The van der Waals surface area contributed by atoms with Crippen LogP contribution in [-0.2, 0) is 63.0 Å². The maximum Gasteiger partial charge on any atom is 0.315 e. The summed E-state index contributed by atoms with van der Waals surface area (Å²) in [6.45, 7) is 3.60. The molecule has 0 spiro atoms. The second-order valence-corrected chi connectivity index (χ2v) is 20.2. The Labute approximate surface area is 417 Å². The molecule has 6 N–H and O–H groups in total. The number of aromatic nitrogens is 6. The van der Waals surface area contributed by atoms with Gasteiger partial charge in [0.1, 0.15) is 23.3 Å². The van der Waals surface area contributed by atoms with Gasteiger partial charge in [-0.2, -0.15) is 11.8 Å². The summed E-state index contributed by atoms with van der Waals surface area (Å²) in [6.07, 6.45) is 7.17. The van der Waals surface area contributed by atoms with Crippen molar-refractivity contribution in [2.45, 2.75) is 80.1 Å².